The van der Waals surface area contributed by atoms with Crippen LogP contribution < -0.4 is 0 Å². The van der Waals surface area contributed by atoms with E-state index in [1.54, 1.807) is 12.1 Å². The van der Waals surface area contributed by atoms with Gasteiger partial charge in [0.15, 0.2) is 0 Å². The van der Waals surface area contributed by atoms with Crippen LogP contribution in [0.5, 0.6) is 0 Å². The SMILES string of the molecule is N#CC(C#N)=C1/C(=C/c2cc3sc(-c4ccc5ccccc5c4)nc3o2)C(O)c2ccccc21. The van der Waals surface area contributed by atoms with Gasteiger partial charge in [-0.1, -0.05) is 60.7 Å². The maximum Gasteiger partial charge on any atom is 0.238 e. The van der Waals surface area contributed by atoms with Crippen molar-refractivity contribution in [3.63, 3.8) is 0 Å². The van der Waals surface area contributed by atoms with Crippen molar-refractivity contribution in [2.24, 2.45) is 0 Å². The van der Waals surface area contributed by atoms with Gasteiger partial charge >= 0.3 is 0 Å². The van der Waals surface area contributed by atoms with E-state index in [2.05, 4.69) is 35.3 Å². The van der Waals surface area contributed by atoms with E-state index in [-0.39, 0.29) is 5.57 Å². The van der Waals surface area contributed by atoms with E-state index in [0.717, 1.165) is 20.7 Å². The van der Waals surface area contributed by atoms with Crippen LogP contribution in [0.15, 0.2) is 88.4 Å². The minimum absolute atomic E-state index is 0.0414. The molecule has 5 nitrogen and oxygen atoms in total. The van der Waals surface area contributed by atoms with E-state index in [4.69, 9.17) is 4.42 Å². The Kier molecular flexibility index (Phi) is 4.64. The molecule has 0 spiro atoms. The second kappa shape index (κ2) is 7.83. The molecule has 1 atom stereocenters. The number of thiazole rings is 1. The fraction of sp³-hybridized carbons (Fsp3) is 0.0357. The van der Waals surface area contributed by atoms with Crippen LogP contribution in [0, 0.1) is 22.7 Å². The summed E-state index contributed by atoms with van der Waals surface area (Å²) in [6, 6.07) is 27.5. The summed E-state index contributed by atoms with van der Waals surface area (Å²) in [6.07, 6.45) is 0.742. The van der Waals surface area contributed by atoms with E-state index in [1.807, 2.05) is 48.5 Å². The maximum absolute atomic E-state index is 10.9. The van der Waals surface area contributed by atoms with Gasteiger partial charge in [0.2, 0.25) is 5.71 Å². The molecule has 5 aromatic rings. The summed E-state index contributed by atoms with van der Waals surface area (Å²) in [7, 11) is 0. The largest absolute Gasteiger partial charge is 0.437 e. The molecule has 0 saturated heterocycles. The fourth-order valence-corrected chi connectivity index (χ4v) is 5.34. The molecule has 160 valence electrons. The van der Waals surface area contributed by atoms with Gasteiger partial charge in [0.25, 0.3) is 0 Å². The van der Waals surface area contributed by atoms with Crippen LogP contribution in [-0.2, 0) is 0 Å². The first-order valence-corrected chi connectivity index (χ1v) is 11.4. The summed E-state index contributed by atoms with van der Waals surface area (Å²) in [6.45, 7) is 0. The second-order valence-electron chi connectivity index (χ2n) is 7.96. The quantitative estimate of drug-likeness (QED) is 0.300. The molecule has 0 aliphatic heterocycles. The molecule has 6 heteroatoms. The third-order valence-electron chi connectivity index (χ3n) is 5.98. The first-order valence-electron chi connectivity index (χ1n) is 10.6. The molecule has 1 aliphatic carbocycles. The first-order chi connectivity index (χ1) is 16.7. The van der Waals surface area contributed by atoms with Crippen molar-refractivity contribution >= 4 is 44.2 Å². The number of fused-ring (bicyclic) bond motifs is 3. The number of aromatic nitrogens is 1. The number of benzene rings is 3. The molecular formula is C28H15N3O2S. The van der Waals surface area contributed by atoms with Gasteiger partial charge in [-0.3, -0.25) is 0 Å². The fourth-order valence-electron chi connectivity index (χ4n) is 4.41. The highest BCUT2D eigenvalue weighted by molar-refractivity contribution is 7.21. The second-order valence-corrected chi connectivity index (χ2v) is 8.99. The lowest BCUT2D eigenvalue weighted by Crippen LogP contribution is -1.94. The molecule has 1 N–H and O–H groups in total. The van der Waals surface area contributed by atoms with Crippen molar-refractivity contribution in [3.05, 3.63) is 101 Å². The maximum atomic E-state index is 10.9. The lowest BCUT2D eigenvalue weighted by atomic mass is 9.99. The van der Waals surface area contributed by atoms with E-state index in [1.165, 1.54) is 16.7 Å². The van der Waals surface area contributed by atoms with E-state index >= 15 is 0 Å². The number of nitrogens with zero attached hydrogens (tertiary/aromatic N) is 3. The van der Waals surface area contributed by atoms with Gasteiger partial charge in [-0.05, 0) is 39.6 Å². The van der Waals surface area contributed by atoms with Crippen molar-refractivity contribution in [1.29, 1.82) is 10.5 Å². The number of furan rings is 1. The molecule has 6 rings (SSSR count). The number of allylic oxidation sites excluding steroid dienone is 1. The van der Waals surface area contributed by atoms with E-state index < -0.39 is 6.10 Å². The molecular weight excluding hydrogens is 442 g/mol. The van der Waals surface area contributed by atoms with Crippen LogP contribution in [0.25, 0.3) is 43.4 Å². The van der Waals surface area contributed by atoms with Crippen molar-refractivity contribution in [1.82, 2.24) is 4.98 Å². The number of rotatable bonds is 2. The van der Waals surface area contributed by atoms with Crippen molar-refractivity contribution < 1.29 is 9.52 Å². The normalized spacial score (nSPS) is 16.0. The number of hydrogen-bond donors (Lipinski definition) is 1. The average Bonchev–Trinajstić information content (AvgIpc) is 3.52. The van der Waals surface area contributed by atoms with Gasteiger partial charge in [0.1, 0.15) is 34.6 Å². The predicted molar refractivity (Wildman–Crippen MR) is 132 cm³/mol. The Morgan fingerprint density at radius 2 is 1.74 bits per heavy atom. The minimum atomic E-state index is -0.952. The van der Waals surface area contributed by atoms with Gasteiger partial charge in [0, 0.05) is 17.2 Å². The number of aliphatic hydroxyl groups excluding tert-OH is 1. The van der Waals surface area contributed by atoms with Crippen LogP contribution in [-0.4, -0.2) is 10.1 Å². The lowest BCUT2D eigenvalue weighted by molar-refractivity contribution is 0.226. The molecule has 3 aromatic carbocycles. The highest BCUT2D eigenvalue weighted by atomic mass is 32.1. The molecule has 1 unspecified atom stereocenters. The summed E-state index contributed by atoms with van der Waals surface area (Å²) in [5, 5.41) is 33.1. The summed E-state index contributed by atoms with van der Waals surface area (Å²) in [4.78, 5) is 4.67. The lowest BCUT2D eigenvalue weighted by Gasteiger charge is -2.06. The standard InChI is InChI=1S/C28H15N3O2S/c29-14-19(15-30)25-21-7-3-4-8-22(21)26(32)23(25)12-20-13-24-27(33-20)31-28(34-24)18-10-9-16-5-1-2-6-17(16)11-18/h1-13,26,32H/b23-12-. The Hall–Kier alpha value is -4.49. The van der Waals surface area contributed by atoms with Gasteiger partial charge < -0.3 is 9.52 Å². The number of nitriles is 2. The molecule has 0 bridgehead atoms. The summed E-state index contributed by atoms with van der Waals surface area (Å²) in [5.41, 5.74) is 3.75. The average molecular weight is 458 g/mol. The van der Waals surface area contributed by atoms with Crippen LogP contribution >= 0.6 is 11.3 Å². The Labute approximate surface area is 198 Å². The smallest absolute Gasteiger partial charge is 0.238 e. The Morgan fingerprint density at radius 3 is 2.53 bits per heavy atom. The molecule has 0 radical (unpaired) electrons. The molecule has 0 amide bonds. The van der Waals surface area contributed by atoms with Crippen molar-refractivity contribution in [2.45, 2.75) is 6.10 Å². The zero-order valence-electron chi connectivity index (χ0n) is 17.7. The number of aliphatic hydroxyl groups is 1. The Morgan fingerprint density at radius 1 is 0.971 bits per heavy atom. The highest BCUT2D eigenvalue weighted by Gasteiger charge is 2.32. The highest BCUT2D eigenvalue weighted by Crippen LogP contribution is 2.46. The van der Waals surface area contributed by atoms with Gasteiger partial charge in [-0.25, -0.2) is 4.98 Å². The summed E-state index contributed by atoms with van der Waals surface area (Å²) >= 11 is 1.53. The molecule has 2 aromatic heterocycles. The monoisotopic (exact) mass is 457 g/mol. The minimum Gasteiger partial charge on any atom is -0.437 e. The summed E-state index contributed by atoms with van der Waals surface area (Å²) < 4.78 is 6.87. The van der Waals surface area contributed by atoms with Gasteiger partial charge in [-0.2, -0.15) is 10.5 Å². The zero-order chi connectivity index (χ0) is 23.2. The molecule has 1 aliphatic rings. The third-order valence-corrected chi connectivity index (χ3v) is 7.02. The first kappa shape index (κ1) is 20.1. The van der Waals surface area contributed by atoms with Crippen LogP contribution in [0.3, 0.4) is 0 Å². The number of hydrogen-bond acceptors (Lipinski definition) is 6. The Bertz CT molecular complexity index is 1710. The van der Waals surface area contributed by atoms with Crippen LogP contribution in [0.4, 0.5) is 0 Å². The topological polar surface area (TPSA) is 93.8 Å². The van der Waals surface area contributed by atoms with Crippen LogP contribution in [0.1, 0.15) is 23.0 Å². The Balaban J connectivity index is 1.42. The van der Waals surface area contributed by atoms with Crippen molar-refractivity contribution in [3.8, 4) is 22.7 Å². The molecule has 0 fully saturated rings. The van der Waals surface area contributed by atoms with E-state index in [9.17, 15) is 15.6 Å². The molecule has 0 saturated carbocycles. The predicted octanol–water partition coefficient (Wildman–Crippen LogP) is 6.64. The van der Waals surface area contributed by atoms with Crippen LogP contribution in [0.2, 0.25) is 0 Å². The zero-order valence-corrected chi connectivity index (χ0v) is 18.5. The van der Waals surface area contributed by atoms with E-state index in [0.29, 0.717) is 33.7 Å². The van der Waals surface area contributed by atoms with Crippen molar-refractivity contribution in [2.75, 3.05) is 0 Å². The third kappa shape index (κ3) is 3.14. The van der Waals surface area contributed by atoms with Gasteiger partial charge in [-0.15, -0.1) is 11.3 Å². The van der Waals surface area contributed by atoms with Gasteiger partial charge in [0.05, 0.1) is 4.70 Å². The summed E-state index contributed by atoms with van der Waals surface area (Å²) in [5.74, 6) is 0.508. The molecule has 34 heavy (non-hydrogen) atoms. The molecule has 2 heterocycles.